The molecule has 28 heavy (non-hydrogen) atoms. The predicted molar refractivity (Wildman–Crippen MR) is 93.4 cm³/mol. The van der Waals surface area contributed by atoms with E-state index in [9.17, 15) is 18.0 Å². The van der Waals surface area contributed by atoms with Crippen molar-refractivity contribution >= 4 is 17.3 Å². The topological polar surface area (TPSA) is 107 Å². The summed E-state index contributed by atoms with van der Waals surface area (Å²) in [4.78, 5) is 14.5. The first-order chi connectivity index (χ1) is 13.2. The van der Waals surface area contributed by atoms with Gasteiger partial charge < -0.3 is 15.1 Å². The van der Waals surface area contributed by atoms with Crippen LogP contribution in [0.4, 0.5) is 24.5 Å². The zero-order chi connectivity index (χ0) is 20.9. The smallest absolute Gasteiger partial charge is 0.367 e. The van der Waals surface area contributed by atoms with Gasteiger partial charge in [0.2, 0.25) is 5.91 Å². The molecular formula is C18H15F3N6O. The SMILES string of the molecule is CC(=O)N1CCN(c2ccc(NC(C#N)=C(C#N)C#N)cc2C(F)(F)F)CC1. The largest absolute Gasteiger partial charge is 0.418 e. The van der Waals surface area contributed by atoms with Crippen molar-refractivity contribution in [3.63, 3.8) is 0 Å². The number of alkyl halides is 3. The van der Waals surface area contributed by atoms with E-state index in [2.05, 4.69) is 5.32 Å². The molecule has 1 aliphatic rings. The third-order valence-electron chi connectivity index (χ3n) is 4.22. The Labute approximate surface area is 159 Å². The minimum absolute atomic E-state index is 0.0375. The summed E-state index contributed by atoms with van der Waals surface area (Å²) in [7, 11) is 0. The maximum Gasteiger partial charge on any atom is 0.418 e. The van der Waals surface area contributed by atoms with E-state index in [0.717, 1.165) is 6.07 Å². The Bertz CT molecular complexity index is 909. The Hall–Kier alpha value is -3.71. The van der Waals surface area contributed by atoms with Gasteiger partial charge in [-0.15, -0.1) is 0 Å². The number of hydrogen-bond acceptors (Lipinski definition) is 6. The molecule has 10 heteroatoms. The van der Waals surface area contributed by atoms with Gasteiger partial charge in [-0.1, -0.05) is 0 Å². The molecule has 0 atom stereocenters. The number of hydrogen-bond donors (Lipinski definition) is 1. The van der Waals surface area contributed by atoms with Crippen LogP contribution in [0, 0.1) is 34.0 Å². The first-order valence-electron chi connectivity index (χ1n) is 8.14. The highest BCUT2D eigenvalue weighted by molar-refractivity contribution is 5.74. The monoisotopic (exact) mass is 388 g/mol. The number of nitriles is 3. The molecular weight excluding hydrogens is 373 g/mol. The lowest BCUT2D eigenvalue weighted by molar-refractivity contribution is -0.137. The maximum atomic E-state index is 13.6. The number of carbonyl (C=O) groups is 1. The van der Waals surface area contributed by atoms with Gasteiger partial charge in [0, 0.05) is 44.5 Å². The number of halogens is 3. The average molecular weight is 388 g/mol. The Balaban J connectivity index is 2.37. The molecule has 1 saturated heterocycles. The van der Waals surface area contributed by atoms with Crippen LogP contribution in [0.1, 0.15) is 12.5 Å². The van der Waals surface area contributed by atoms with Crippen molar-refractivity contribution in [1.29, 1.82) is 15.8 Å². The van der Waals surface area contributed by atoms with Crippen LogP contribution in [0.25, 0.3) is 0 Å². The van der Waals surface area contributed by atoms with Gasteiger partial charge in [-0.25, -0.2) is 0 Å². The summed E-state index contributed by atoms with van der Waals surface area (Å²) < 4.78 is 40.8. The Kier molecular flexibility index (Phi) is 6.12. The summed E-state index contributed by atoms with van der Waals surface area (Å²) in [6.45, 7) is 2.56. The molecule has 0 spiro atoms. The molecule has 0 saturated carbocycles. The summed E-state index contributed by atoms with van der Waals surface area (Å²) >= 11 is 0. The van der Waals surface area contributed by atoms with Crippen molar-refractivity contribution in [1.82, 2.24) is 4.90 Å². The molecule has 0 bridgehead atoms. The molecule has 1 aromatic rings. The summed E-state index contributed by atoms with van der Waals surface area (Å²) in [5.41, 5.74) is -1.98. The normalized spacial score (nSPS) is 13.8. The summed E-state index contributed by atoms with van der Waals surface area (Å²) in [5.74, 6) is -0.128. The third kappa shape index (κ3) is 4.52. The number of nitrogens with zero attached hydrogens (tertiary/aromatic N) is 5. The number of allylic oxidation sites excluding steroid dienone is 2. The molecule has 0 aliphatic carbocycles. The minimum atomic E-state index is -4.66. The van der Waals surface area contributed by atoms with Crippen molar-refractivity contribution < 1.29 is 18.0 Å². The van der Waals surface area contributed by atoms with E-state index in [1.165, 1.54) is 31.2 Å². The van der Waals surface area contributed by atoms with Crippen LogP contribution in [0.15, 0.2) is 29.5 Å². The van der Waals surface area contributed by atoms with Crippen LogP contribution >= 0.6 is 0 Å². The molecule has 2 rings (SSSR count). The molecule has 0 unspecified atom stereocenters. The van der Waals surface area contributed by atoms with Crippen LogP contribution in [0.2, 0.25) is 0 Å². The lowest BCUT2D eigenvalue weighted by Crippen LogP contribution is -2.48. The molecule has 1 heterocycles. The van der Waals surface area contributed by atoms with Crippen molar-refractivity contribution in [2.45, 2.75) is 13.1 Å². The van der Waals surface area contributed by atoms with E-state index in [1.54, 1.807) is 15.9 Å². The van der Waals surface area contributed by atoms with E-state index < -0.39 is 23.0 Å². The first-order valence-corrected chi connectivity index (χ1v) is 8.14. The minimum Gasteiger partial charge on any atom is -0.367 e. The van der Waals surface area contributed by atoms with Gasteiger partial charge >= 0.3 is 6.18 Å². The highest BCUT2D eigenvalue weighted by Crippen LogP contribution is 2.39. The number of piperazine rings is 1. The highest BCUT2D eigenvalue weighted by Gasteiger charge is 2.36. The van der Waals surface area contributed by atoms with Crippen LogP contribution < -0.4 is 10.2 Å². The third-order valence-corrected chi connectivity index (χ3v) is 4.22. The molecule has 1 aliphatic heterocycles. The van der Waals surface area contributed by atoms with Gasteiger partial charge in [0.25, 0.3) is 0 Å². The Morgan fingerprint density at radius 1 is 1.07 bits per heavy atom. The quantitative estimate of drug-likeness (QED) is 0.798. The number of carbonyl (C=O) groups excluding carboxylic acids is 1. The predicted octanol–water partition coefficient (Wildman–Crippen LogP) is 2.61. The van der Waals surface area contributed by atoms with E-state index in [0.29, 0.717) is 13.1 Å². The Morgan fingerprint density at radius 2 is 1.68 bits per heavy atom. The fourth-order valence-corrected chi connectivity index (χ4v) is 2.81. The van der Waals surface area contributed by atoms with Crippen LogP contribution in [0.5, 0.6) is 0 Å². The second-order valence-electron chi connectivity index (χ2n) is 5.93. The fraction of sp³-hybridized carbons (Fsp3) is 0.333. The Morgan fingerprint density at radius 3 is 2.14 bits per heavy atom. The standard InChI is InChI=1S/C18H15F3N6O/c1-12(28)26-4-6-27(7-5-26)17-3-2-14(8-15(17)18(19,20)21)25-16(11-24)13(9-22)10-23/h2-3,8,25H,4-7H2,1H3. The second-order valence-corrected chi connectivity index (χ2v) is 5.93. The van der Waals surface area contributed by atoms with Gasteiger partial charge in [-0.05, 0) is 18.2 Å². The average Bonchev–Trinajstić information content (AvgIpc) is 2.67. The lowest BCUT2D eigenvalue weighted by Gasteiger charge is -2.36. The van der Waals surface area contributed by atoms with Crippen molar-refractivity contribution in [3.05, 3.63) is 35.0 Å². The number of benzene rings is 1. The highest BCUT2D eigenvalue weighted by atomic mass is 19.4. The van der Waals surface area contributed by atoms with E-state index >= 15 is 0 Å². The molecule has 1 N–H and O–H groups in total. The maximum absolute atomic E-state index is 13.6. The van der Waals surface area contributed by atoms with Crippen LogP contribution in [-0.4, -0.2) is 37.0 Å². The summed E-state index contributed by atoms with van der Waals surface area (Å²) in [6.07, 6.45) is -4.66. The molecule has 1 aromatic carbocycles. The van der Waals surface area contributed by atoms with Crippen LogP contribution in [-0.2, 0) is 11.0 Å². The first kappa shape index (κ1) is 20.6. The zero-order valence-corrected chi connectivity index (χ0v) is 14.8. The van der Waals surface area contributed by atoms with Gasteiger partial charge in [-0.2, -0.15) is 29.0 Å². The van der Waals surface area contributed by atoms with Gasteiger partial charge in [0.15, 0.2) is 5.57 Å². The second kappa shape index (κ2) is 8.32. The van der Waals surface area contributed by atoms with Gasteiger partial charge in [0.1, 0.15) is 23.9 Å². The molecule has 1 amide bonds. The van der Waals surface area contributed by atoms with Crippen molar-refractivity contribution in [3.8, 4) is 18.2 Å². The summed E-state index contributed by atoms with van der Waals surface area (Å²) in [6, 6.07) is 8.06. The zero-order valence-electron chi connectivity index (χ0n) is 14.8. The molecule has 144 valence electrons. The van der Waals surface area contributed by atoms with Crippen molar-refractivity contribution in [2.24, 2.45) is 0 Å². The van der Waals surface area contributed by atoms with E-state index in [-0.39, 0.29) is 30.4 Å². The number of nitrogens with one attached hydrogen (secondary N) is 1. The summed E-state index contributed by atoms with van der Waals surface area (Å²) in [5, 5.41) is 29.1. The number of anilines is 2. The van der Waals surface area contributed by atoms with Gasteiger partial charge in [-0.3, -0.25) is 4.79 Å². The molecule has 0 radical (unpaired) electrons. The van der Waals surface area contributed by atoms with Crippen molar-refractivity contribution in [2.75, 3.05) is 36.4 Å². The number of amides is 1. The fourth-order valence-electron chi connectivity index (χ4n) is 2.81. The molecule has 7 nitrogen and oxygen atoms in total. The molecule has 1 fully saturated rings. The van der Waals surface area contributed by atoms with Crippen LogP contribution in [0.3, 0.4) is 0 Å². The number of rotatable bonds is 3. The lowest BCUT2D eigenvalue weighted by atomic mass is 10.1. The van der Waals surface area contributed by atoms with Gasteiger partial charge in [0.05, 0.1) is 5.56 Å². The van der Waals surface area contributed by atoms with E-state index in [4.69, 9.17) is 15.8 Å². The molecule has 0 aromatic heterocycles. The van der Waals surface area contributed by atoms with E-state index in [1.807, 2.05) is 0 Å².